The van der Waals surface area contributed by atoms with Crippen LogP contribution in [-0.4, -0.2) is 12.6 Å². The molecule has 1 aromatic carbocycles. The monoisotopic (exact) mass is 247 g/mol. The van der Waals surface area contributed by atoms with Crippen molar-refractivity contribution in [3.8, 4) is 5.75 Å². The Morgan fingerprint density at radius 3 is 2.87 bits per heavy atom. The summed E-state index contributed by atoms with van der Waals surface area (Å²) >= 11 is 11.6. The zero-order valence-electron chi connectivity index (χ0n) is 8.22. The fourth-order valence-electron chi connectivity index (χ4n) is 1.04. The molecule has 15 heavy (non-hydrogen) atoms. The van der Waals surface area contributed by atoms with Gasteiger partial charge in [0.15, 0.2) is 0 Å². The standard InChI is InChI=1S/C10H11Cl2NO2/c1-2-13-10(14)15-9-5-3-4-8(12)7(9)6-11/h3-5H,2,6H2,1H3,(H,13,14). The Kier molecular flexibility index (Phi) is 4.72. The molecule has 0 bridgehead atoms. The molecule has 5 heteroatoms. The summed E-state index contributed by atoms with van der Waals surface area (Å²) < 4.78 is 5.04. The number of carbonyl (C=O) groups is 1. The van der Waals surface area contributed by atoms with Crippen LogP contribution < -0.4 is 10.1 Å². The quantitative estimate of drug-likeness (QED) is 0.834. The van der Waals surface area contributed by atoms with Crippen LogP contribution in [0.2, 0.25) is 5.02 Å². The predicted octanol–water partition coefficient (Wildman–Crippen LogP) is 3.19. The molecule has 82 valence electrons. The maximum absolute atomic E-state index is 11.2. The molecule has 0 unspecified atom stereocenters. The number of nitrogens with one attached hydrogen (secondary N) is 1. The molecule has 0 atom stereocenters. The molecule has 1 aromatic rings. The Morgan fingerprint density at radius 2 is 2.27 bits per heavy atom. The van der Waals surface area contributed by atoms with Crippen LogP contribution in [0, 0.1) is 0 Å². The zero-order valence-corrected chi connectivity index (χ0v) is 9.73. The van der Waals surface area contributed by atoms with Crippen LogP contribution in [0.1, 0.15) is 12.5 Å². The lowest BCUT2D eigenvalue weighted by molar-refractivity contribution is 0.201. The third kappa shape index (κ3) is 3.29. The van der Waals surface area contributed by atoms with Crippen LogP contribution in [0.5, 0.6) is 5.75 Å². The lowest BCUT2D eigenvalue weighted by atomic mass is 10.2. The molecule has 0 radical (unpaired) electrons. The Bertz CT molecular complexity index is 355. The van der Waals surface area contributed by atoms with Crippen LogP contribution in [0.4, 0.5) is 4.79 Å². The van der Waals surface area contributed by atoms with E-state index < -0.39 is 6.09 Å². The van der Waals surface area contributed by atoms with Crippen molar-refractivity contribution >= 4 is 29.3 Å². The van der Waals surface area contributed by atoms with E-state index in [-0.39, 0.29) is 5.88 Å². The summed E-state index contributed by atoms with van der Waals surface area (Å²) in [6.07, 6.45) is -0.508. The lowest BCUT2D eigenvalue weighted by Crippen LogP contribution is -2.26. The molecule has 0 saturated heterocycles. The lowest BCUT2D eigenvalue weighted by Gasteiger charge is -2.09. The number of hydrogen-bond donors (Lipinski definition) is 1. The second-order valence-electron chi connectivity index (χ2n) is 2.77. The van der Waals surface area contributed by atoms with Gasteiger partial charge >= 0.3 is 6.09 Å². The number of carbonyl (C=O) groups excluding carboxylic acids is 1. The van der Waals surface area contributed by atoms with Gasteiger partial charge < -0.3 is 10.1 Å². The number of alkyl halides is 1. The summed E-state index contributed by atoms with van der Waals surface area (Å²) in [5.41, 5.74) is 0.618. The molecular weight excluding hydrogens is 237 g/mol. The van der Waals surface area contributed by atoms with E-state index in [0.717, 1.165) is 0 Å². The van der Waals surface area contributed by atoms with Gasteiger partial charge in [-0.3, -0.25) is 0 Å². The number of amides is 1. The van der Waals surface area contributed by atoms with Crippen molar-refractivity contribution < 1.29 is 9.53 Å². The van der Waals surface area contributed by atoms with Gasteiger partial charge in [0, 0.05) is 17.1 Å². The summed E-state index contributed by atoms with van der Waals surface area (Å²) in [5.74, 6) is 0.595. The summed E-state index contributed by atoms with van der Waals surface area (Å²) in [5, 5.41) is 3.01. The van der Waals surface area contributed by atoms with E-state index in [2.05, 4.69) is 5.32 Å². The van der Waals surface area contributed by atoms with Gasteiger partial charge in [0.25, 0.3) is 0 Å². The van der Waals surface area contributed by atoms with Crippen molar-refractivity contribution in [1.29, 1.82) is 0 Å². The highest BCUT2D eigenvalue weighted by atomic mass is 35.5. The van der Waals surface area contributed by atoms with Crippen molar-refractivity contribution in [3.05, 3.63) is 28.8 Å². The maximum Gasteiger partial charge on any atom is 0.412 e. The second kappa shape index (κ2) is 5.83. The van der Waals surface area contributed by atoms with Crippen LogP contribution >= 0.6 is 23.2 Å². The molecule has 0 fully saturated rings. The number of halogens is 2. The Balaban J connectivity index is 2.84. The van der Waals surface area contributed by atoms with Crippen LogP contribution in [0.3, 0.4) is 0 Å². The van der Waals surface area contributed by atoms with Gasteiger partial charge in [-0.05, 0) is 19.1 Å². The highest BCUT2D eigenvalue weighted by Crippen LogP contribution is 2.27. The second-order valence-corrected chi connectivity index (χ2v) is 3.44. The molecule has 0 aliphatic heterocycles. The third-order valence-electron chi connectivity index (χ3n) is 1.73. The molecule has 0 aliphatic carbocycles. The molecule has 1 amide bonds. The normalized spacial score (nSPS) is 9.80. The summed E-state index contributed by atoms with van der Waals surface area (Å²) in [6.45, 7) is 2.32. The average molecular weight is 248 g/mol. The van der Waals surface area contributed by atoms with Crippen molar-refractivity contribution in [1.82, 2.24) is 5.32 Å². The summed E-state index contributed by atoms with van der Waals surface area (Å²) in [4.78, 5) is 11.2. The Labute approximate surface area is 98.3 Å². The minimum atomic E-state index is -0.508. The van der Waals surface area contributed by atoms with Crippen LogP contribution in [-0.2, 0) is 5.88 Å². The van der Waals surface area contributed by atoms with Gasteiger partial charge in [-0.2, -0.15) is 0 Å². The van der Waals surface area contributed by atoms with E-state index in [1.165, 1.54) is 0 Å². The average Bonchev–Trinajstić information content (AvgIpc) is 2.18. The first kappa shape index (κ1) is 12.1. The molecule has 1 rings (SSSR count). The Hall–Kier alpha value is -0.930. The largest absolute Gasteiger partial charge is 0.412 e. The van der Waals surface area contributed by atoms with Gasteiger partial charge in [0.1, 0.15) is 5.75 Å². The van der Waals surface area contributed by atoms with Crippen LogP contribution in [0.15, 0.2) is 18.2 Å². The van der Waals surface area contributed by atoms with E-state index in [9.17, 15) is 4.79 Å². The number of ether oxygens (including phenoxy) is 1. The number of hydrogen-bond acceptors (Lipinski definition) is 2. The Morgan fingerprint density at radius 1 is 1.53 bits per heavy atom. The molecular formula is C10H11Cl2NO2. The minimum absolute atomic E-state index is 0.203. The molecule has 0 heterocycles. The minimum Gasteiger partial charge on any atom is -0.410 e. The SMILES string of the molecule is CCNC(=O)Oc1cccc(Cl)c1CCl. The van der Waals surface area contributed by atoms with Gasteiger partial charge in [-0.25, -0.2) is 4.79 Å². The zero-order chi connectivity index (χ0) is 11.3. The summed E-state index contributed by atoms with van der Waals surface area (Å²) in [6, 6.07) is 5.05. The van der Waals surface area contributed by atoms with Gasteiger partial charge in [-0.15, -0.1) is 11.6 Å². The maximum atomic E-state index is 11.2. The van der Waals surface area contributed by atoms with E-state index in [4.69, 9.17) is 27.9 Å². The van der Waals surface area contributed by atoms with Crippen molar-refractivity contribution in [3.63, 3.8) is 0 Å². The molecule has 0 saturated carbocycles. The fraction of sp³-hybridized carbons (Fsp3) is 0.300. The summed E-state index contributed by atoms with van der Waals surface area (Å²) in [7, 11) is 0. The highest BCUT2D eigenvalue weighted by Gasteiger charge is 2.10. The van der Waals surface area contributed by atoms with Crippen molar-refractivity contribution in [2.75, 3.05) is 6.54 Å². The third-order valence-corrected chi connectivity index (χ3v) is 2.35. The first-order valence-corrected chi connectivity index (χ1v) is 5.39. The van der Waals surface area contributed by atoms with Crippen molar-refractivity contribution in [2.45, 2.75) is 12.8 Å². The topological polar surface area (TPSA) is 38.3 Å². The molecule has 0 aromatic heterocycles. The van der Waals surface area contributed by atoms with Gasteiger partial charge in [0.05, 0.1) is 5.88 Å². The van der Waals surface area contributed by atoms with E-state index >= 15 is 0 Å². The first-order chi connectivity index (χ1) is 7.19. The number of benzene rings is 1. The number of rotatable bonds is 3. The van der Waals surface area contributed by atoms with Gasteiger partial charge in [0.2, 0.25) is 0 Å². The molecule has 3 nitrogen and oxygen atoms in total. The fourth-order valence-corrected chi connectivity index (χ4v) is 1.62. The molecule has 0 aliphatic rings. The van der Waals surface area contributed by atoms with E-state index in [1.54, 1.807) is 18.2 Å². The van der Waals surface area contributed by atoms with E-state index in [0.29, 0.717) is 22.9 Å². The highest BCUT2D eigenvalue weighted by molar-refractivity contribution is 6.32. The smallest absolute Gasteiger partial charge is 0.410 e. The van der Waals surface area contributed by atoms with Crippen LogP contribution in [0.25, 0.3) is 0 Å². The predicted molar refractivity (Wildman–Crippen MR) is 60.7 cm³/mol. The van der Waals surface area contributed by atoms with Crippen molar-refractivity contribution in [2.24, 2.45) is 0 Å². The molecule has 0 spiro atoms. The van der Waals surface area contributed by atoms with E-state index in [1.807, 2.05) is 6.92 Å². The van der Waals surface area contributed by atoms with Gasteiger partial charge in [-0.1, -0.05) is 17.7 Å². The molecule has 1 N–H and O–H groups in total. The first-order valence-electron chi connectivity index (χ1n) is 4.48.